The quantitative estimate of drug-likeness (QED) is 0.787. The molecule has 6 heteroatoms. The van der Waals surface area contributed by atoms with E-state index in [9.17, 15) is 14.7 Å². The van der Waals surface area contributed by atoms with Crippen molar-refractivity contribution in [1.82, 2.24) is 9.38 Å². The lowest BCUT2D eigenvalue weighted by Crippen LogP contribution is -2.20. The van der Waals surface area contributed by atoms with Gasteiger partial charge in [-0.3, -0.25) is 4.79 Å². The highest BCUT2D eigenvalue weighted by atomic mass is 16.4. The molecular formula is C17H13N3O3. The molecule has 0 radical (unpaired) electrons. The van der Waals surface area contributed by atoms with E-state index in [1.807, 2.05) is 18.2 Å². The van der Waals surface area contributed by atoms with Crippen LogP contribution in [0.1, 0.15) is 15.9 Å². The molecule has 0 spiro atoms. The number of carbonyl (C=O) groups is 2. The first kappa shape index (κ1) is 13.5. The van der Waals surface area contributed by atoms with Gasteiger partial charge in [0.1, 0.15) is 5.56 Å². The van der Waals surface area contributed by atoms with Crippen LogP contribution in [0, 0.1) is 0 Å². The van der Waals surface area contributed by atoms with Crippen molar-refractivity contribution >= 4 is 23.2 Å². The van der Waals surface area contributed by atoms with Crippen LogP contribution < -0.4 is 4.90 Å². The monoisotopic (exact) mass is 307 g/mol. The minimum atomic E-state index is -1.01. The van der Waals surface area contributed by atoms with Gasteiger partial charge in [-0.1, -0.05) is 6.07 Å². The Bertz CT molecular complexity index is 974. The summed E-state index contributed by atoms with van der Waals surface area (Å²) >= 11 is 0. The van der Waals surface area contributed by atoms with Gasteiger partial charge in [0.05, 0.1) is 12.1 Å². The lowest BCUT2D eigenvalue weighted by Gasteiger charge is -2.09. The molecule has 6 nitrogen and oxygen atoms in total. The van der Waals surface area contributed by atoms with E-state index < -0.39 is 5.97 Å². The Kier molecular flexibility index (Phi) is 2.74. The Hall–Kier alpha value is -3.15. The molecular weight excluding hydrogens is 294 g/mol. The third-order valence-electron chi connectivity index (χ3n) is 4.17. The minimum absolute atomic E-state index is 0.0697. The summed E-state index contributed by atoms with van der Waals surface area (Å²) in [6.45, 7) is 0. The Labute approximate surface area is 131 Å². The van der Waals surface area contributed by atoms with Gasteiger partial charge in [0.25, 0.3) is 0 Å². The zero-order valence-electron chi connectivity index (χ0n) is 12.4. The second-order valence-corrected chi connectivity index (χ2v) is 5.56. The Morgan fingerprint density at radius 3 is 2.91 bits per heavy atom. The topological polar surface area (TPSA) is 74.9 Å². The molecule has 1 aliphatic rings. The van der Waals surface area contributed by atoms with Gasteiger partial charge >= 0.3 is 5.97 Å². The minimum Gasteiger partial charge on any atom is -0.478 e. The molecule has 0 fully saturated rings. The number of imidazole rings is 1. The maximum absolute atomic E-state index is 11.8. The van der Waals surface area contributed by atoms with E-state index in [1.54, 1.807) is 34.8 Å². The number of fused-ring (bicyclic) bond motifs is 2. The number of aromatic nitrogens is 2. The van der Waals surface area contributed by atoms with Crippen LogP contribution in [0.2, 0.25) is 0 Å². The van der Waals surface area contributed by atoms with Gasteiger partial charge < -0.3 is 14.4 Å². The van der Waals surface area contributed by atoms with Crippen LogP contribution in [0.15, 0.2) is 42.7 Å². The smallest absolute Gasteiger partial charge is 0.339 e. The lowest BCUT2D eigenvalue weighted by atomic mass is 10.1. The molecule has 1 amide bonds. The predicted molar refractivity (Wildman–Crippen MR) is 84.7 cm³/mol. The van der Waals surface area contributed by atoms with E-state index in [0.29, 0.717) is 17.8 Å². The molecule has 23 heavy (non-hydrogen) atoms. The number of carboxylic acids is 1. The van der Waals surface area contributed by atoms with E-state index in [2.05, 4.69) is 4.98 Å². The van der Waals surface area contributed by atoms with Crippen molar-refractivity contribution in [2.24, 2.45) is 0 Å². The fourth-order valence-electron chi connectivity index (χ4n) is 2.95. The number of carboxylic acid groups (broad SMARTS) is 1. The first-order chi connectivity index (χ1) is 11.0. The molecule has 2 aromatic heterocycles. The number of likely N-dealkylation sites (N-methyl/N-ethyl adjacent to an activating group) is 1. The third kappa shape index (κ3) is 1.99. The number of benzene rings is 1. The molecule has 0 aliphatic carbocycles. The highest BCUT2D eigenvalue weighted by Crippen LogP contribution is 2.32. The second-order valence-electron chi connectivity index (χ2n) is 5.56. The summed E-state index contributed by atoms with van der Waals surface area (Å²) in [5.41, 5.74) is 3.99. The SMILES string of the molecule is CN1C(=O)Cc2cc(-c3cn4cccc(C(=O)O)c4n3)ccc21. The fraction of sp³-hybridized carbons (Fsp3) is 0.118. The molecule has 3 heterocycles. The number of rotatable bonds is 2. The van der Waals surface area contributed by atoms with Crippen LogP contribution in [0.3, 0.4) is 0 Å². The zero-order chi connectivity index (χ0) is 16.1. The van der Waals surface area contributed by atoms with Gasteiger partial charge in [-0.25, -0.2) is 9.78 Å². The van der Waals surface area contributed by atoms with Gasteiger partial charge in [0.2, 0.25) is 5.91 Å². The molecule has 1 aliphatic heterocycles. The molecule has 1 N–H and O–H groups in total. The number of anilines is 1. The van der Waals surface area contributed by atoms with Crippen molar-refractivity contribution in [3.05, 3.63) is 53.9 Å². The summed E-state index contributed by atoms with van der Waals surface area (Å²) in [4.78, 5) is 29.2. The average molecular weight is 307 g/mol. The number of pyridine rings is 1. The third-order valence-corrected chi connectivity index (χ3v) is 4.17. The van der Waals surface area contributed by atoms with Crippen molar-refractivity contribution in [3.8, 4) is 11.3 Å². The summed E-state index contributed by atoms with van der Waals surface area (Å²) in [6.07, 6.45) is 3.94. The first-order valence-electron chi connectivity index (χ1n) is 7.15. The maximum atomic E-state index is 11.8. The van der Waals surface area contributed by atoms with Crippen molar-refractivity contribution in [2.45, 2.75) is 6.42 Å². The van der Waals surface area contributed by atoms with E-state index in [4.69, 9.17) is 0 Å². The van der Waals surface area contributed by atoms with Crippen LogP contribution in [-0.4, -0.2) is 33.4 Å². The summed E-state index contributed by atoms with van der Waals surface area (Å²) in [5, 5.41) is 9.25. The van der Waals surface area contributed by atoms with Gasteiger partial charge in [-0.2, -0.15) is 0 Å². The van der Waals surface area contributed by atoms with Crippen molar-refractivity contribution in [1.29, 1.82) is 0 Å². The van der Waals surface area contributed by atoms with Crippen LogP contribution in [0.25, 0.3) is 16.9 Å². The molecule has 1 aromatic carbocycles. The summed E-state index contributed by atoms with van der Waals surface area (Å²) in [7, 11) is 1.76. The molecule has 0 saturated heterocycles. The van der Waals surface area contributed by atoms with Crippen LogP contribution in [-0.2, 0) is 11.2 Å². The van der Waals surface area contributed by atoms with Gasteiger partial charge in [0.15, 0.2) is 5.65 Å². The lowest BCUT2D eigenvalue weighted by molar-refractivity contribution is -0.117. The highest BCUT2D eigenvalue weighted by Gasteiger charge is 2.24. The zero-order valence-corrected chi connectivity index (χ0v) is 12.4. The number of aromatic carboxylic acids is 1. The highest BCUT2D eigenvalue weighted by molar-refractivity contribution is 6.01. The molecule has 114 valence electrons. The van der Waals surface area contributed by atoms with Crippen molar-refractivity contribution in [3.63, 3.8) is 0 Å². The molecule has 0 atom stereocenters. The van der Waals surface area contributed by atoms with Crippen molar-refractivity contribution < 1.29 is 14.7 Å². The van der Waals surface area contributed by atoms with Crippen molar-refractivity contribution in [2.75, 3.05) is 11.9 Å². The molecule has 0 unspecified atom stereocenters. The fourth-order valence-corrected chi connectivity index (χ4v) is 2.95. The average Bonchev–Trinajstić information content (AvgIpc) is 3.08. The molecule has 0 bridgehead atoms. The summed E-state index contributed by atoms with van der Waals surface area (Å²) in [5.74, 6) is -0.936. The standard InChI is InChI=1S/C17H13N3O3/c1-19-14-5-4-10(7-11(14)8-15(19)21)13-9-20-6-2-3-12(17(22)23)16(20)18-13/h2-7,9H,8H2,1H3,(H,22,23). The molecule has 3 aromatic rings. The van der Waals surface area contributed by atoms with Crippen LogP contribution in [0.4, 0.5) is 5.69 Å². The van der Waals surface area contributed by atoms with Gasteiger partial charge in [0, 0.05) is 30.7 Å². The summed E-state index contributed by atoms with van der Waals surface area (Å²) < 4.78 is 1.70. The van der Waals surface area contributed by atoms with E-state index in [-0.39, 0.29) is 11.5 Å². The van der Waals surface area contributed by atoms with Gasteiger partial charge in [-0.15, -0.1) is 0 Å². The van der Waals surface area contributed by atoms with E-state index in [0.717, 1.165) is 16.8 Å². The second kappa shape index (κ2) is 4.67. The molecule has 4 rings (SSSR count). The van der Waals surface area contributed by atoms with E-state index in [1.165, 1.54) is 6.07 Å². The number of nitrogens with zero attached hydrogens (tertiary/aromatic N) is 3. The van der Waals surface area contributed by atoms with E-state index >= 15 is 0 Å². The number of amides is 1. The Balaban J connectivity index is 1.85. The number of hydrogen-bond donors (Lipinski definition) is 1. The van der Waals surface area contributed by atoms with Crippen LogP contribution in [0.5, 0.6) is 0 Å². The number of carbonyl (C=O) groups excluding carboxylic acids is 1. The Morgan fingerprint density at radius 1 is 1.30 bits per heavy atom. The number of hydrogen-bond acceptors (Lipinski definition) is 3. The normalized spacial score (nSPS) is 13.6. The summed E-state index contributed by atoms with van der Waals surface area (Å²) in [6, 6.07) is 8.95. The Morgan fingerprint density at radius 2 is 2.13 bits per heavy atom. The van der Waals surface area contributed by atoms with Crippen LogP contribution >= 0.6 is 0 Å². The largest absolute Gasteiger partial charge is 0.478 e. The first-order valence-corrected chi connectivity index (χ1v) is 7.15. The predicted octanol–water partition coefficient (Wildman–Crippen LogP) is 2.22. The molecule has 0 saturated carbocycles. The maximum Gasteiger partial charge on any atom is 0.339 e. The van der Waals surface area contributed by atoms with Gasteiger partial charge in [-0.05, 0) is 29.8 Å².